The zero-order valence-corrected chi connectivity index (χ0v) is 11.6. The molecule has 17 heavy (non-hydrogen) atoms. The molecule has 2 heterocycles. The van der Waals surface area contributed by atoms with Gasteiger partial charge in [0, 0.05) is 30.7 Å². The van der Waals surface area contributed by atoms with Gasteiger partial charge in [0.25, 0.3) is 0 Å². The van der Waals surface area contributed by atoms with Gasteiger partial charge in [-0.15, -0.1) is 0 Å². The fraction of sp³-hybridized carbons (Fsp3) is 0.786. The van der Waals surface area contributed by atoms with Crippen molar-refractivity contribution in [2.45, 2.75) is 47.1 Å². The van der Waals surface area contributed by atoms with Gasteiger partial charge >= 0.3 is 0 Å². The van der Waals surface area contributed by atoms with Gasteiger partial charge in [0.1, 0.15) is 0 Å². The molecule has 1 aromatic rings. The molecule has 1 aromatic heterocycles. The third-order valence-electron chi connectivity index (χ3n) is 4.29. The van der Waals surface area contributed by atoms with Crippen LogP contribution in [-0.4, -0.2) is 22.9 Å². The lowest BCUT2D eigenvalue weighted by molar-refractivity contribution is 0.0965. The highest BCUT2D eigenvalue weighted by atomic mass is 15.3. The van der Waals surface area contributed by atoms with E-state index in [1.807, 2.05) is 0 Å². The molecule has 0 unspecified atom stereocenters. The molecule has 3 nitrogen and oxygen atoms in total. The molecule has 2 rings (SSSR count). The van der Waals surface area contributed by atoms with Crippen molar-refractivity contribution in [2.75, 3.05) is 13.1 Å². The maximum absolute atomic E-state index is 4.65. The normalized spacial score (nSPS) is 18.4. The molecule has 1 N–H and O–H groups in total. The highest BCUT2D eigenvalue weighted by molar-refractivity contribution is 5.15. The Hall–Kier alpha value is -0.830. The Morgan fingerprint density at radius 1 is 1.41 bits per heavy atom. The van der Waals surface area contributed by atoms with Crippen LogP contribution in [0.25, 0.3) is 0 Å². The van der Waals surface area contributed by atoms with E-state index in [2.05, 4.69) is 48.9 Å². The monoisotopic (exact) mass is 235 g/mol. The maximum atomic E-state index is 4.65. The Labute approximate surface area is 105 Å². The molecule has 0 atom stereocenters. The predicted octanol–water partition coefficient (Wildman–Crippen LogP) is 2.25. The molecule has 0 saturated carbocycles. The second-order valence-corrected chi connectivity index (χ2v) is 5.59. The molecular formula is C14H25N3. The smallest absolute Gasteiger partial charge is 0.0624 e. The van der Waals surface area contributed by atoms with Gasteiger partial charge in [0.2, 0.25) is 0 Å². The summed E-state index contributed by atoms with van der Waals surface area (Å²) in [7, 11) is 0. The third-order valence-corrected chi connectivity index (χ3v) is 4.29. The Balaban J connectivity index is 2.19. The summed E-state index contributed by atoms with van der Waals surface area (Å²) in [4.78, 5) is 0. The molecule has 0 spiro atoms. The Bertz CT molecular complexity index is 375. The standard InChI is InChI=1S/C14H25N3/c1-5-12-7-13(17(6-2)16-12)8-14(11(3)4)9-15-10-14/h7,11,15H,5-6,8-10H2,1-4H3. The molecule has 1 saturated heterocycles. The maximum Gasteiger partial charge on any atom is 0.0624 e. The van der Waals surface area contributed by atoms with Crippen molar-refractivity contribution in [3.05, 3.63) is 17.5 Å². The van der Waals surface area contributed by atoms with E-state index in [4.69, 9.17) is 0 Å². The van der Waals surface area contributed by atoms with Gasteiger partial charge in [-0.05, 0) is 31.7 Å². The minimum atomic E-state index is 0.456. The summed E-state index contributed by atoms with van der Waals surface area (Å²) in [6.07, 6.45) is 2.20. The van der Waals surface area contributed by atoms with Gasteiger partial charge in [0.05, 0.1) is 5.69 Å². The van der Waals surface area contributed by atoms with Gasteiger partial charge in [-0.2, -0.15) is 5.10 Å². The molecule has 96 valence electrons. The molecular weight excluding hydrogens is 210 g/mol. The second-order valence-electron chi connectivity index (χ2n) is 5.59. The zero-order valence-electron chi connectivity index (χ0n) is 11.6. The van der Waals surface area contributed by atoms with Crippen molar-refractivity contribution in [2.24, 2.45) is 11.3 Å². The largest absolute Gasteiger partial charge is 0.315 e. The zero-order chi connectivity index (χ0) is 12.5. The molecule has 0 aromatic carbocycles. The molecule has 0 radical (unpaired) electrons. The Morgan fingerprint density at radius 2 is 2.12 bits per heavy atom. The number of hydrogen-bond donors (Lipinski definition) is 1. The van der Waals surface area contributed by atoms with E-state index >= 15 is 0 Å². The highest BCUT2D eigenvalue weighted by Crippen LogP contribution is 2.35. The van der Waals surface area contributed by atoms with Crippen molar-refractivity contribution in [3.63, 3.8) is 0 Å². The van der Waals surface area contributed by atoms with Gasteiger partial charge in [-0.1, -0.05) is 20.8 Å². The van der Waals surface area contributed by atoms with Crippen molar-refractivity contribution in [1.82, 2.24) is 15.1 Å². The number of aromatic nitrogens is 2. The van der Waals surface area contributed by atoms with Crippen LogP contribution in [0.15, 0.2) is 6.07 Å². The van der Waals surface area contributed by atoms with E-state index in [0.29, 0.717) is 5.41 Å². The quantitative estimate of drug-likeness (QED) is 0.848. The Kier molecular flexibility index (Phi) is 3.57. The number of hydrogen-bond acceptors (Lipinski definition) is 2. The number of rotatable bonds is 5. The summed E-state index contributed by atoms with van der Waals surface area (Å²) in [5.74, 6) is 0.731. The third kappa shape index (κ3) is 2.25. The first-order valence-electron chi connectivity index (χ1n) is 6.87. The van der Waals surface area contributed by atoms with Crippen molar-refractivity contribution in [3.8, 4) is 0 Å². The summed E-state index contributed by atoms with van der Waals surface area (Å²) in [5.41, 5.74) is 3.10. The molecule has 0 bridgehead atoms. The van der Waals surface area contributed by atoms with E-state index in [1.165, 1.54) is 17.8 Å². The lowest BCUT2D eigenvalue weighted by Gasteiger charge is -2.46. The number of nitrogens with one attached hydrogen (secondary N) is 1. The second kappa shape index (κ2) is 4.81. The van der Waals surface area contributed by atoms with Gasteiger partial charge < -0.3 is 5.32 Å². The van der Waals surface area contributed by atoms with E-state index in [0.717, 1.165) is 32.0 Å². The van der Waals surface area contributed by atoms with Crippen LogP contribution in [0.5, 0.6) is 0 Å². The number of aryl methyl sites for hydroxylation is 2. The molecule has 1 aliphatic rings. The average molecular weight is 235 g/mol. The first-order valence-corrected chi connectivity index (χ1v) is 6.87. The number of nitrogens with zero attached hydrogens (tertiary/aromatic N) is 2. The molecule has 1 aliphatic heterocycles. The fourth-order valence-electron chi connectivity index (χ4n) is 2.65. The van der Waals surface area contributed by atoms with E-state index in [1.54, 1.807) is 0 Å². The molecule has 0 aliphatic carbocycles. The fourth-order valence-corrected chi connectivity index (χ4v) is 2.65. The van der Waals surface area contributed by atoms with Crippen molar-refractivity contribution < 1.29 is 0 Å². The van der Waals surface area contributed by atoms with Crippen LogP contribution in [0.2, 0.25) is 0 Å². The lowest BCUT2D eigenvalue weighted by atomic mass is 9.69. The Morgan fingerprint density at radius 3 is 2.53 bits per heavy atom. The summed E-state index contributed by atoms with van der Waals surface area (Å²) in [6, 6.07) is 2.30. The summed E-state index contributed by atoms with van der Waals surface area (Å²) >= 11 is 0. The van der Waals surface area contributed by atoms with Crippen molar-refractivity contribution >= 4 is 0 Å². The molecule has 3 heteroatoms. The van der Waals surface area contributed by atoms with Crippen LogP contribution in [0.1, 0.15) is 39.1 Å². The lowest BCUT2D eigenvalue weighted by Crippen LogP contribution is -2.57. The van der Waals surface area contributed by atoms with Crippen LogP contribution in [0.4, 0.5) is 0 Å². The summed E-state index contributed by atoms with van der Waals surface area (Å²) in [6.45, 7) is 12.3. The first-order chi connectivity index (χ1) is 8.11. The van der Waals surface area contributed by atoms with Gasteiger partial charge in [0.15, 0.2) is 0 Å². The van der Waals surface area contributed by atoms with Crippen molar-refractivity contribution in [1.29, 1.82) is 0 Å². The van der Waals surface area contributed by atoms with Crippen LogP contribution in [-0.2, 0) is 19.4 Å². The van der Waals surface area contributed by atoms with E-state index in [9.17, 15) is 0 Å². The minimum absolute atomic E-state index is 0.456. The van der Waals surface area contributed by atoms with Gasteiger partial charge in [-0.25, -0.2) is 0 Å². The van der Waals surface area contributed by atoms with Gasteiger partial charge in [-0.3, -0.25) is 4.68 Å². The van der Waals surface area contributed by atoms with Crippen LogP contribution < -0.4 is 5.32 Å². The van der Waals surface area contributed by atoms with Crippen LogP contribution in [0, 0.1) is 11.3 Å². The van der Waals surface area contributed by atoms with Crippen LogP contribution >= 0.6 is 0 Å². The average Bonchev–Trinajstić information content (AvgIpc) is 2.65. The predicted molar refractivity (Wildman–Crippen MR) is 71.1 cm³/mol. The SMILES string of the molecule is CCc1cc(CC2(C(C)C)CNC2)n(CC)n1. The highest BCUT2D eigenvalue weighted by Gasteiger charge is 2.40. The minimum Gasteiger partial charge on any atom is -0.315 e. The first kappa shape index (κ1) is 12.6. The van der Waals surface area contributed by atoms with E-state index in [-0.39, 0.29) is 0 Å². The van der Waals surface area contributed by atoms with E-state index < -0.39 is 0 Å². The van der Waals surface area contributed by atoms with Crippen LogP contribution in [0.3, 0.4) is 0 Å². The molecule has 0 amide bonds. The topological polar surface area (TPSA) is 29.9 Å². The molecule has 1 fully saturated rings. The summed E-state index contributed by atoms with van der Waals surface area (Å²) in [5, 5.41) is 8.08. The summed E-state index contributed by atoms with van der Waals surface area (Å²) < 4.78 is 2.18.